The van der Waals surface area contributed by atoms with E-state index in [1.54, 1.807) is 24.3 Å². The van der Waals surface area contributed by atoms with Gasteiger partial charge < -0.3 is 10.2 Å². The standard InChI is InChI=1S/C16H15ClF2O2/c17-14-4-2-1-3-13(14)16(9-20,10-21)8-11-5-6-12(18)7-15(11)19/h1-7,20-21H,8-10H2. The van der Waals surface area contributed by atoms with E-state index in [1.165, 1.54) is 6.07 Å². The van der Waals surface area contributed by atoms with Crippen molar-refractivity contribution in [3.8, 4) is 0 Å². The molecular formula is C16H15ClF2O2. The lowest BCUT2D eigenvalue weighted by Crippen LogP contribution is -2.38. The number of hydrogen-bond acceptors (Lipinski definition) is 2. The highest BCUT2D eigenvalue weighted by Crippen LogP contribution is 2.33. The van der Waals surface area contributed by atoms with Gasteiger partial charge in [-0.1, -0.05) is 35.9 Å². The second kappa shape index (κ2) is 6.52. The zero-order chi connectivity index (χ0) is 15.5. The van der Waals surface area contributed by atoms with Gasteiger partial charge in [-0.2, -0.15) is 0 Å². The van der Waals surface area contributed by atoms with Gasteiger partial charge in [0, 0.05) is 16.5 Å². The summed E-state index contributed by atoms with van der Waals surface area (Å²) in [5.74, 6) is -1.39. The number of aliphatic hydroxyl groups is 2. The van der Waals surface area contributed by atoms with Gasteiger partial charge in [0.1, 0.15) is 11.6 Å². The van der Waals surface area contributed by atoms with Crippen molar-refractivity contribution >= 4 is 11.6 Å². The van der Waals surface area contributed by atoms with Gasteiger partial charge in [-0.25, -0.2) is 8.78 Å². The molecule has 0 aliphatic heterocycles. The van der Waals surface area contributed by atoms with Crippen LogP contribution in [0.5, 0.6) is 0 Å². The van der Waals surface area contributed by atoms with Crippen LogP contribution in [-0.4, -0.2) is 23.4 Å². The molecule has 0 aliphatic rings. The molecule has 0 saturated carbocycles. The third-order valence-corrected chi connectivity index (χ3v) is 3.92. The predicted octanol–water partition coefficient (Wildman–Crippen LogP) is 3.08. The highest BCUT2D eigenvalue weighted by atomic mass is 35.5. The van der Waals surface area contributed by atoms with Crippen molar-refractivity contribution in [3.05, 3.63) is 70.2 Å². The molecule has 112 valence electrons. The molecule has 0 spiro atoms. The van der Waals surface area contributed by atoms with Gasteiger partial charge in [-0.3, -0.25) is 0 Å². The third kappa shape index (κ3) is 3.23. The number of halogens is 3. The topological polar surface area (TPSA) is 40.5 Å². The number of aliphatic hydroxyl groups excluding tert-OH is 2. The van der Waals surface area contributed by atoms with Crippen molar-refractivity contribution in [3.63, 3.8) is 0 Å². The Bertz CT molecular complexity index is 627. The van der Waals surface area contributed by atoms with Crippen LogP contribution < -0.4 is 0 Å². The molecule has 0 radical (unpaired) electrons. The van der Waals surface area contributed by atoms with Gasteiger partial charge in [0.05, 0.1) is 13.2 Å². The van der Waals surface area contributed by atoms with Gasteiger partial charge in [0.15, 0.2) is 0 Å². The molecule has 2 rings (SSSR count). The first-order valence-electron chi connectivity index (χ1n) is 6.43. The second-order valence-electron chi connectivity index (χ2n) is 4.99. The second-order valence-corrected chi connectivity index (χ2v) is 5.40. The average molecular weight is 313 g/mol. The summed E-state index contributed by atoms with van der Waals surface area (Å²) in [6.45, 7) is -0.825. The highest BCUT2D eigenvalue weighted by Gasteiger charge is 2.34. The Morgan fingerprint density at radius 3 is 2.24 bits per heavy atom. The van der Waals surface area contributed by atoms with E-state index in [4.69, 9.17) is 11.6 Å². The first-order valence-corrected chi connectivity index (χ1v) is 6.81. The Hall–Kier alpha value is -1.49. The maximum absolute atomic E-state index is 13.8. The van der Waals surface area contributed by atoms with Crippen molar-refractivity contribution in [1.29, 1.82) is 0 Å². The summed E-state index contributed by atoms with van der Waals surface area (Å²) < 4.78 is 26.8. The molecule has 2 nitrogen and oxygen atoms in total. The fourth-order valence-corrected chi connectivity index (χ4v) is 2.68. The summed E-state index contributed by atoms with van der Waals surface area (Å²) in [7, 11) is 0. The monoisotopic (exact) mass is 312 g/mol. The van der Waals surface area contributed by atoms with E-state index in [0.29, 0.717) is 10.6 Å². The van der Waals surface area contributed by atoms with Gasteiger partial charge in [0.25, 0.3) is 0 Å². The Morgan fingerprint density at radius 2 is 1.67 bits per heavy atom. The molecular weight excluding hydrogens is 298 g/mol. The maximum atomic E-state index is 13.8. The fraction of sp³-hybridized carbons (Fsp3) is 0.250. The summed E-state index contributed by atoms with van der Waals surface area (Å²) >= 11 is 6.12. The third-order valence-electron chi connectivity index (χ3n) is 3.59. The van der Waals surface area contributed by atoms with Crippen LogP contribution in [0.2, 0.25) is 5.02 Å². The fourth-order valence-electron chi connectivity index (χ4n) is 2.35. The maximum Gasteiger partial charge on any atom is 0.129 e. The molecule has 0 aliphatic carbocycles. The molecule has 0 aromatic heterocycles. The molecule has 0 amide bonds. The molecule has 21 heavy (non-hydrogen) atoms. The van der Waals surface area contributed by atoms with Crippen LogP contribution in [0.4, 0.5) is 8.78 Å². The lowest BCUT2D eigenvalue weighted by Gasteiger charge is -2.31. The Morgan fingerprint density at radius 1 is 1.00 bits per heavy atom. The molecule has 0 fully saturated rings. The van der Waals surface area contributed by atoms with E-state index in [0.717, 1.165) is 12.1 Å². The van der Waals surface area contributed by atoms with Crippen molar-refractivity contribution in [2.75, 3.05) is 13.2 Å². The number of benzene rings is 2. The molecule has 0 bridgehead atoms. The average Bonchev–Trinajstić information content (AvgIpc) is 2.48. The van der Waals surface area contributed by atoms with E-state index in [9.17, 15) is 19.0 Å². The first kappa shape index (κ1) is 15.9. The molecule has 2 aromatic rings. The van der Waals surface area contributed by atoms with Crippen LogP contribution in [0.15, 0.2) is 42.5 Å². The minimum absolute atomic E-state index is 0.00977. The summed E-state index contributed by atoms with van der Waals surface area (Å²) in [6.07, 6.45) is 0.00977. The molecule has 2 N–H and O–H groups in total. The SMILES string of the molecule is OCC(CO)(Cc1ccc(F)cc1F)c1ccccc1Cl. The van der Waals surface area contributed by atoms with Crippen LogP contribution in [0, 0.1) is 11.6 Å². The van der Waals surface area contributed by atoms with Gasteiger partial charge in [-0.05, 0) is 29.7 Å². The minimum Gasteiger partial charge on any atom is -0.395 e. The van der Waals surface area contributed by atoms with E-state index in [-0.39, 0.29) is 12.0 Å². The largest absolute Gasteiger partial charge is 0.395 e. The van der Waals surface area contributed by atoms with Crippen LogP contribution in [-0.2, 0) is 11.8 Å². The Balaban J connectivity index is 2.46. The van der Waals surface area contributed by atoms with E-state index >= 15 is 0 Å². The van der Waals surface area contributed by atoms with Crippen LogP contribution >= 0.6 is 11.6 Å². The summed E-state index contributed by atoms with van der Waals surface area (Å²) in [5, 5.41) is 19.9. The van der Waals surface area contributed by atoms with Gasteiger partial charge >= 0.3 is 0 Å². The zero-order valence-electron chi connectivity index (χ0n) is 11.2. The van der Waals surface area contributed by atoms with Crippen molar-refractivity contribution in [2.45, 2.75) is 11.8 Å². The summed E-state index contributed by atoms with van der Waals surface area (Å²) in [4.78, 5) is 0. The quantitative estimate of drug-likeness (QED) is 0.891. The zero-order valence-corrected chi connectivity index (χ0v) is 11.9. The van der Waals surface area contributed by atoms with Gasteiger partial charge in [-0.15, -0.1) is 0 Å². The first-order chi connectivity index (χ1) is 10.0. The lowest BCUT2D eigenvalue weighted by molar-refractivity contribution is 0.115. The molecule has 0 unspecified atom stereocenters. The Kier molecular flexibility index (Phi) is 4.93. The lowest BCUT2D eigenvalue weighted by atomic mass is 9.76. The van der Waals surface area contributed by atoms with Crippen molar-refractivity contribution in [2.24, 2.45) is 0 Å². The van der Waals surface area contributed by atoms with Crippen LogP contribution in [0.1, 0.15) is 11.1 Å². The van der Waals surface area contributed by atoms with E-state index in [1.807, 2.05) is 0 Å². The predicted molar refractivity (Wildman–Crippen MR) is 77.4 cm³/mol. The van der Waals surface area contributed by atoms with Crippen molar-refractivity contribution < 1.29 is 19.0 Å². The van der Waals surface area contributed by atoms with E-state index < -0.39 is 30.3 Å². The van der Waals surface area contributed by atoms with Crippen molar-refractivity contribution in [1.82, 2.24) is 0 Å². The summed E-state index contributed by atoms with van der Waals surface area (Å²) in [6, 6.07) is 9.99. The molecule has 0 saturated heterocycles. The molecule has 0 heterocycles. The van der Waals surface area contributed by atoms with Gasteiger partial charge in [0.2, 0.25) is 0 Å². The normalized spacial score (nSPS) is 11.7. The minimum atomic E-state index is -1.13. The summed E-state index contributed by atoms with van der Waals surface area (Å²) in [5.41, 5.74) is -0.392. The van der Waals surface area contributed by atoms with Crippen LogP contribution in [0.3, 0.4) is 0 Å². The molecule has 2 aromatic carbocycles. The number of hydrogen-bond donors (Lipinski definition) is 2. The smallest absolute Gasteiger partial charge is 0.129 e. The molecule has 0 atom stereocenters. The van der Waals surface area contributed by atoms with E-state index in [2.05, 4.69) is 0 Å². The number of rotatable bonds is 5. The highest BCUT2D eigenvalue weighted by molar-refractivity contribution is 6.31. The van der Waals surface area contributed by atoms with Crippen LogP contribution in [0.25, 0.3) is 0 Å². The molecule has 5 heteroatoms. The Labute approximate surface area is 126 Å².